The third-order valence-corrected chi connectivity index (χ3v) is 3.99. The Morgan fingerprint density at radius 1 is 1.67 bits per heavy atom. The topological polar surface area (TPSA) is 62.5 Å². The van der Waals surface area contributed by atoms with Crippen LogP contribution >= 0.6 is 11.3 Å². The summed E-state index contributed by atoms with van der Waals surface area (Å²) < 4.78 is 0. The summed E-state index contributed by atoms with van der Waals surface area (Å²) in [6.07, 6.45) is 1.47. The summed E-state index contributed by atoms with van der Waals surface area (Å²) in [5, 5.41) is 2.94. The number of likely N-dealkylation sites (tertiary alicyclic amines) is 1. The summed E-state index contributed by atoms with van der Waals surface area (Å²) in [4.78, 5) is 20.0. The number of carbonyl (C=O) groups is 1. The number of carbonyl (C=O) groups excluding carboxylic acids is 1. The molecule has 5 nitrogen and oxygen atoms in total. The molecule has 2 rings (SSSR count). The van der Waals surface area contributed by atoms with E-state index in [-0.39, 0.29) is 5.91 Å². The molecule has 100 valence electrons. The smallest absolute Gasteiger partial charge is 0.228 e. The van der Waals surface area contributed by atoms with Crippen LogP contribution in [0.15, 0.2) is 5.38 Å². The lowest BCUT2D eigenvalue weighted by Gasteiger charge is -2.12. The zero-order valence-corrected chi connectivity index (χ0v) is 11.7. The molecule has 1 fully saturated rings. The molecule has 1 atom stereocenters. The van der Waals surface area contributed by atoms with E-state index < -0.39 is 0 Å². The predicted octanol–water partition coefficient (Wildman–Crippen LogP) is 0.307. The van der Waals surface area contributed by atoms with Crippen LogP contribution in [0.5, 0.6) is 0 Å². The highest BCUT2D eigenvalue weighted by Gasteiger charge is 2.20. The molecule has 0 spiro atoms. The molecule has 0 bridgehead atoms. The number of nitrogens with two attached hydrogens (primary N) is 1. The summed E-state index contributed by atoms with van der Waals surface area (Å²) in [5.41, 5.74) is 6.93. The van der Waals surface area contributed by atoms with E-state index in [0.29, 0.717) is 12.5 Å². The third-order valence-electron chi connectivity index (χ3n) is 3.09. The molecule has 2 N–H and O–H groups in total. The lowest BCUT2D eigenvalue weighted by Crippen LogP contribution is -2.26. The fourth-order valence-corrected chi connectivity index (χ4v) is 2.80. The number of hydrogen-bond acceptors (Lipinski definition) is 5. The molecule has 0 saturated carbocycles. The number of nitrogens with zero attached hydrogens (tertiary/aromatic N) is 3. The quantitative estimate of drug-likeness (QED) is 0.853. The zero-order chi connectivity index (χ0) is 13.1. The number of aromatic nitrogens is 1. The molecule has 1 saturated heterocycles. The summed E-state index contributed by atoms with van der Waals surface area (Å²) >= 11 is 1.56. The maximum atomic E-state index is 11.6. The van der Waals surface area contributed by atoms with Crippen molar-refractivity contribution in [1.29, 1.82) is 0 Å². The Hall–Kier alpha value is -0.980. The van der Waals surface area contributed by atoms with Crippen molar-refractivity contribution in [3.8, 4) is 0 Å². The van der Waals surface area contributed by atoms with E-state index in [1.807, 2.05) is 5.38 Å². The van der Waals surface area contributed by atoms with Crippen LogP contribution in [0.25, 0.3) is 0 Å². The minimum atomic E-state index is 0.0964. The van der Waals surface area contributed by atoms with E-state index in [1.54, 1.807) is 30.3 Å². The van der Waals surface area contributed by atoms with Crippen molar-refractivity contribution in [3.63, 3.8) is 0 Å². The number of amides is 1. The van der Waals surface area contributed by atoms with Crippen molar-refractivity contribution in [2.24, 2.45) is 5.73 Å². The van der Waals surface area contributed by atoms with E-state index >= 15 is 0 Å². The average Bonchev–Trinajstić information content (AvgIpc) is 2.89. The van der Waals surface area contributed by atoms with Crippen molar-refractivity contribution in [1.82, 2.24) is 14.8 Å². The van der Waals surface area contributed by atoms with Gasteiger partial charge in [-0.1, -0.05) is 0 Å². The Bertz CT molecular complexity index is 418. The van der Waals surface area contributed by atoms with E-state index in [9.17, 15) is 4.79 Å². The normalized spacial score (nSPS) is 20.3. The molecule has 0 aliphatic carbocycles. The van der Waals surface area contributed by atoms with Gasteiger partial charge in [-0.3, -0.25) is 9.69 Å². The van der Waals surface area contributed by atoms with Crippen LogP contribution in [-0.4, -0.2) is 53.9 Å². The van der Waals surface area contributed by atoms with Crippen LogP contribution in [0.3, 0.4) is 0 Å². The Morgan fingerprint density at radius 2 is 2.44 bits per heavy atom. The van der Waals surface area contributed by atoms with Gasteiger partial charge in [0.25, 0.3) is 0 Å². The molecule has 2 heterocycles. The number of rotatable bonds is 4. The van der Waals surface area contributed by atoms with Crippen LogP contribution in [-0.2, 0) is 17.8 Å². The van der Waals surface area contributed by atoms with E-state index in [1.165, 1.54) is 0 Å². The zero-order valence-electron chi connectivity index (χ0n) is 10.9. The lowest BCUT2D eigenvalue weighted by molar-refractivity contribution is -0.127. The van der Waals surface area contributed by atoms with Crippen molar-refractivity contribution >= 4 is 17.2 Å². The highest BCUT2D eigenvalue weighted by atomic mass is 32.1. The molecule has 18 heavy (non-hydrogen) atoms. The Morgan fingerprint density at radius 3 is 3.06 bits per heavy atom. The molecular weight excluding hydrogens is 248 g/mol. The first kappa shape index (κ1) is 13.5. The van der Waals surface area contributed by atoms with Crippen molar-refractivity contribution in [2.75, 3.05) is 27.2 Å². The maximum absolute atomic E-state index is 11.6. The maximum Gasteiger partial charge on any atom is 0.228 e. The molecule has 1 amide bonds. The van der Waals surface area contributed by atoms with Crippen molar-refractivity contribution in [2.45, 2.75) is 25.4 Å². The predicted molar refractivity (Wildman–Crippen MR) is 72.4 cm³/mol. The second-order valence-corrected chi connectivity index (χ2v) is 5.92. The molecule has 1 unspecified atom stereocenters. The van der Waals surface area contributed by atoms with Crippen LogP contribution in [0, 0.1) is 0 Å². The van der Waals surface area contributed by atoms with Gasteiger partial charge in [0, 0.05) is 45.2 Å². The minimum Gasteiger partial charge on any atom is -0.348 e. The first-order valence-corrected chi connectivity index (χ1v) is 7.04. The van der Waals surface area contributed by atoms with Gasteiger partial charge in [-0.05, 0) is 6.42 Å². The summed E-state index contributed by atoms with van der Waals surface area (Å²) in [6.45, 7) is 2.84. The van der Waals surface area contributed by atoms with Crippen molar-refractivity contribution < 1.29 is 4.79 Å². The molecule has 1 aliphatic rings. The standard InChI is InChI=1S/C12H20N4OS/c1-15(2)12(17)5-11-14-10(8-18-11)7-16-4-3-9(13)6-16/h8-9H,3-7,13H2,1-2H3. The monoisotopic (exact) mass is 268 g/mol. The second kappa shape index (κ2) is 5.77. The largest absolute Gasteiger partial charge is 0.348 e. The van der Waals surface area contributed by atoms with Gasteiger partial charge in [0.2, 0.25) is 5.91 Å². The summed E-state index contributed by atoms with van der Waals surface area (Å²) in [5.74, 6) is 0.0964. The summed E-state index contributed by atoms with van der Waals surface area (Å²) in [6, 6.07) is 0.304. The Labute approximate surface area is 112 Å². The van der Waals surface area contributed by atoms with Gasteiger partial charge in [0.15, 0.2) is 0 Å². The lowest BCUT2D eigenvalue weighted by atomic mass is 10.3. The number of hydrogen-bond donors (Lipinski definition) is 1. The van der Waals surface area contributed by atoms with E-state index in [4.69, 9.17) is 5.73 Å². The van der Waals surface area contributed by atoms with E-state index in [0.717, 1.165) is 36.8 Å². The fraction of sp³-hybridized carbons (Fsp3) is 0.667. The number of thiazole rings is 1. The second-order valence-electron chi connectivity index (χ2n) is 4.98. The van der Waals surface area contributed by atoms with Gasteiger partial charge in [-0.15, -0.1) is 11.3 Å². The molecular formula is C12H20N4OS. The van der Waals surface area contributed by atoms with Crippen molar-refractivity contribution in [3.05, 3.63) is 16.1 Å². The van der Waals surface area contributed by atoms with Crippen LogP contribution < -0.4 is 5.73 Å². The molecule has 1 aromatic heterocycles. The molecule has 6 heteroatoms. The van der Waals surface area contributed by atoms with Gasteiger partial charge < -0.3 is 10.6 Å². The molecule has 1 aliphatic heterocycles. The first-order valence-electron chi connectivity index (χ1n) is 6.16. The van der Waals surface area contributed by atoms with E-state index in [2.05, 4.69) is 9.88 Å². The fourth-order valence-electron chi connectivity index (χ4n) is 2.03. The van der Waals surface area contributed by atoms with Crippen LogP contribution in [0.4, 0.5) is 0 Å². The average molecular weight is 268 g/mol. The first-order chi connectivity index (χ1) is 8.54. The molecule has 1 aromatic rings. The minimum absolute atomic E-state index is 0.0964. The van der Waals surface area contributed by atoms with Gasteiger partial charge in [0.05, 0.1) is 12.1 Å². The highest BCUT2D eigenvalue weighted by Crippen LogP contribution is 2.16. The Kier molecular flexibility index (Phi) is 4.31. The SMILES string of the molecule is CN(C)C(=O)Cc1nc(CN2CCC(N)C2)cs1. The highest BCUT2D eigenvalue weighted by molar-refractivity contribution is 7.09. The number of likely N-dealkylation sites (N-methyl/N-ethyl adjacent to an activating group) is 1. The third kappa shape index (κ3) is 3.51. The van der Waals surface area contributed by atoms with Gasteiger partial charge in [0.1, 0.15) is 5.01 Å². The molecule has 0 aromatic carbocycles. The van der Waals surface area contributed by atoms with Crippen LogP contribution in [0.2, 0.25) is 0 Å². The molecule has 0 radical (unpaired) electrons. The van der Waals surface area contributed by atoms with Crippen LogP contribution in [0.1, 0.15) is 17.1 Å². The summed E-state index contributed by atoms with van der Waals surface area (Å²) in [7, 11) is 3.53. The van der Waals surface area contributed by atoms with Gasteiger partial charge in [-0.25, -0.2) is 4.98 Å². The van der Waals surface area contributed by atoms with Gasteiger partial charge >= 0.3 is 0 Å². The van der Waals surface area contributed by atoms with Gasteiger partial charge in [-0.2, -0.15) is 0 Å². The Balaban J connectivity index is 1.88.